The Morgan fingerprint density at radius 1 is 1.10 bits per heavy atom. The maximum Gasteiger partial charge on any atom is 0.264 e. The van der Waals surface area contributed by atoms with Gasteiger partial charge in [-0.3, -0.25) is 9.10 Å². The molecule has 9 heteroatoms. The second kappa shape index (κ2) is 9.51. The molecule has 0 saturated heterocycles. The van der Waals surface area contributed by atoms with Crippen LogP contribution in [0.4, 0.5) is 11.4 Å². The SMILES string of the molecule is COc1ccc(N(CC(=O)Nc2ccc(C#N)c(Cl)c2)S(=O)(=O)c2ccccc2)cc1. The molecule has 0 atom stereocenters. The summed E-state index contributed by atoms with van der Waals surface area (Å²) in [7, 11) is -2.51. The molecule has 1 amide bonds. The Labute approximate surface area is 185 Å². The first kappa shape index (κ1) is 22.2. The second-order valence-corrected chi connectivity index (χ2v) is 8.65. The zero-order valence-corrected chi connectivity index (χ0v) is 18.0. The van der Waals surface area contributed by atoms with Gasteiger partial charge in [0.15, 0.2) is 0 Å². The van der Waals surface area contributed by atoms with Gasteiger partial charge in [0.25, 0.3) is 10.0 Å². The Balaban J connectivity index is 1.91. The van der Waals surface area contributed by atoms with Crippen molar-refractivity contribution in [3.63, 3.8) is 0 Å². The Morgan fingerprint density at radius 2 is 1.77 bits per heavy atom. The van der Waals surface area contributed by atoms with Crippen LogP contribution in [0, 0.1) is 11.3 Å². The lowest BCUT2D eigenvalue weighted by molar-refractivity contribution is -0.114. The van der Waals surface area contributed by atoms with Crippen LogP contribution in [0.15, 0.2) is 77.7 Å². The number of hydrogen-bond donors (Lipinski definition) is 1. The number of amides is 1. The van der Waals surface area contributed by atoms with Gasteiger partial charge in [-0.25, -0.2) is 8.42 Å². The fourth-order valence-electron chi connectivity index (χ4n) is 2.80. The molecule has 0 bridgehead atoms. The average molecular weight is 456 g/mol. The van der Waals surface area contributed by atoms with Gasteiger partial charge in [0, 0.05) is 5.69 Å². The molecule has 0 aliphatic rings. The fraction of sp³-hybridized carbons (Fsp3) is 0.0909. The van der Waals surface area contributed by atoms with E-state index >= 15 is 0 Å². The second-order valence-electron chi connectivity index (χ2n) is 6.38. The number of benzene rings is 3. The summed E-state index contributed by atoms with van der Waals surface area (Å²) in [4.78, 5) is 12.8. The van der Waals surface area contributed by atoms with E-state index in [4.69, 9.17) is 21.6 Å². The molecule has 158 valence electrons. The van der Waals surface area contributed by atoms with Crippen LogP contribution < -0.4 is 14.4 Å². The number of halogens is 1. The lowest BCUT2D eigenvalue weighted by atomic mass is 10.2. The topological polar surface area (TPSA) is 99.5 Å². The van der Waals surface area contributed by atoms with E-state index in [2.05, 4.69) is 5.32 Å². The summed E-state index contributed by atoms with van der Waals surface area (Å²) in [5.41, 5.74) is 0.921. The summed E-state index contributed by atoms with van der Waals surface area (Å²) in [6.45, 7) is -0.471. The Hall–Kier alpha value is -3.54. The number of anilines is 2. The van der Waals surface area contributed by atoms with Crippen molar-refractivity contribution >= 4 is 38.9 Å². The first-order valence-electron chi connectivity index (χ1n) is 9.06. The van der Waals surface area contributed by atoms with Gasteiger partial charge in [0.05, 0.1) is 28.3 Å². The third kappa shape index (κ3) is 5.15. The lowest BCUT2D eigenvalue weighted by Gasteiger charge is -2.24. The molecule has 7 nitrogen and oxygen atoms in total. The van der Waals surface area contributed by atoms with E-state index in [-0.39, 0.29) is 15.5 Å². The Kier molecular flexibility index (Phi) is 6.80. The first-order chi connectivity index (χ1) is 14.8. The van der Waals surface area contributed by atoms with Crippen LogP contribution in [0.1, 0.15) is 5.56 Å². The van der Waals surface area contributed by atoms with Gasteiger partial charge in [-0.1, -0.05) is 29.8 Å². The Bertz CT molecular complexity index is 1220. The molecule has 0 aliphatic carbocycles. The van der Waals surface area contributed by atoms with Crippen LogP contribution in [-0.4, -0.2) is 28.0 Å². The third-order valence-corrected chi connectivity index (χ3v) is 6.45. The first-order valence-corrected chi connectivity index (χ1v) is 10.9. The standard InChI is InChI=1S/C22H18ClN3O4S/c1-30-19-11-9-18(10-12-19)26(31(28,29)20-5-3-2-4-6-20)15-22(27)25-17-8-7-16(14-24)21(23)13-17/h2-13H,15H2,1H3,(H,25,27). The van der Waals surface area contributed by atoms with Crippen molar-refractivity contribution in [2.45, 2.75) is 4.90 Å². The minimum Gasteiger partial charge on any atom is -0.497 e. The highest BCUT2D eigenvalue weighted by Crippen LogP contribution is 2.26. The molecule has 0 radical (unpaired) electrons. The van der Waals surface area contributed by atoms with Gasteiger partial charge >= 0.3 is 0 Å². The molecule has 0 aliphatic heterocycles. The fourth-order valence-corrected chi connectivity index (χ4v) is 4.46. The summed E-state index contributed by atoms with van der Waals surface area (Å²) < 4.78 is 32.7. The number of nitriles is 1. The number of carbonyl (C=O) groups excluding carboxylic acids is 1. The zero-order valence-electron chi connectivity index (χ0n) is 16.4. The van der Waals surface area contributed by atoms with Crippen molar-refractivity contribution in [3.8, 4) is 11.8 Å². The predicted molar refractivity (Wildman–Crippen MR) is 119 cm³/mol. The normalized spacial score (nSPS) is 10.7. The van der Waals surface area contributed by atoms with Gasteiger partial charge in [0.1, 0.15) is 18.4 Å². The maximum absolute atomic E-state index is 13.3. The molecular weight excluding hydrogens is 438 g/mol. The number of nitrogens with zero attached hydrogens (tertiary/aromatic N) is 2. The molecule has 3 aromatic rings. The maximum atomic E-state index is 13.3. The molecule has 1 N–H and O–H groups in total. The molecule has 31 heavy (non-hydrogen) atoms. The number of methoxy groups -OCH3 is 1. The quantitative estimate of drug-likeness (QED) is 0.579. The number of rotatable bonds is 7. The number of nitrogens with one attached hydrogen (secondary N) is 1. The van der Waals surface area contributed by atoms with E-state index in [1.165, 1.54) is 37.4 Å². The van der Waals surface area contributed by atoms with Crippen molar-refractivity contribution in [2.24, 2.45) is 0 Å². The summed E-state index contributed by atoms with van der Waals surface area (Å²) >= 11 is 6.00. The van der Waals surface area contributed by atoms with Crippen LogP contribution in [0.2, 0.25) is 5.02 Å². The minimum atomic E-state index is -4.02. The van der Waals surface area contributed by atoms with Gasteiger partial charge < -0.3 is 10.1 Å². The molecule has 3 aromatic carbocycles. The highest BCUT2D eigenvalue weighted by Gasteiger charge is 2.27. The Morgan fingerprint density at radius 3 is 2.35 bits per heavy atom. The largest absolute Gasteiger partial charge is 0.497 e. The van der Waals surface area contributed by atoms with E-state index in [0.29, 0.717) is 17.1 Å². The van der Waals surface area contributed by atoms with E-state index in [0.717, 1.165) is 4.31 Å². The molecule has 0 saturated carbocycles. The van der Waals surface area contributed by atoms with Gasteiger partial charge in [-0.15, -0.1) is 0 Å². The van der Waals surface area contributed by atoms with E-state index in [1.807, 2.05) is 6.07 Å². The molecule has 0 spiro atoms. The monoisotopic (exact) mass is 455 g/mol. The molecule has 3 rings (SSSR count). The molecule has 0 aromatic heterocycles. The zero-order chi connectivity index (χ0) is 22.4. The summed E-state index contributed by atoms with van der Waals surface area (Å²) in [6.07, 6.45) is 0. The smallest absolute Gasteiger partial charge is 0.264 e. The van der Waals surface area contributed by atoms with Crippen molar-refractivity contribution in [1.29, 1.82) is 5.26 Å². The van der Waals surface area contributed by atoms with E-state index in [1.54, 1.807) is 42.5 Å². The molecule has 0 fully saturated rings. The molecule has 0 unspecified atom stereocenters. The van der Waals surface area contributed by atoms with Crippen molar-refractivity contribution in [1.82, 2.24) is 0 Å². The average Bonchev–Trinajstić information content (AvgIpc) is 2.78. The van der Waals surface area contributed by atoms with Gasteiger partial charge in [-0.05, 0) is 54.6 Å². The van der Waals surface area contributed by atoms with Crippen molar-refractivity contribution in [2.75, 3.05) is 23.3 Å². The van der Waals surface area contributed by atoms with E-state index in [9.17, 15) is 13.2 Å². The molecule has 0 heterocycles. The number of hydrogen-bond acceptors (Lipinski definition) is 5. The minimum absolute atomic E-state index is 0.0556. The van der Waals surface area contributed by atoms with Crippen LogP contribution >= 0.6 is 11.6 Å². The number of ether oxygens (including phenoxy) is 1. The summed E-state index contributed by atoms with van der Waals surface area (Å²) in [5.74, 6) is -0.0198. The van der Waals surface area contributed by atoms with Crippen LogP contribution in [0.3, 0.4) is 0 Å². The highest BCUT2D eigenvalue weighted by molar-refractivity contribution is 7.92. The molecular formula is C22H18ClN3O4S. The van der Waals surface area contributed by atoms with Crippen LogP contribution in [-0.2, 0) is 14.8 Å². The van der Waals surface area contributed by atoms with Crippen LogP contribution in [0.25, 0.3) is 0 Å². The van der Waals surface area contributed by atoms with E-state index < -0.39 is 22.5 Å². The summed E-state index contributed by atoms with van der Waals surface area (Å²) in [6, 6.07) is 20.6. The van der Waals surface area contributed by atoms with Crippen LogP contribution in [0.5, 0.6) is 5.75 Å². The number of carbonyl (C=O) groups is 1. The summed E-state index contributed by atoms with van der Waals surface area (Å²) in [5, 5.41) is 11.8. The lowest BCUT2D eigenvalue weighted by Crippen LogP contribution is -2.38. The third-order valence-electron chi connectivity index (χ3n) is 4.35. The van der Waals surface area contributed by atoms with Crippen molar-refractivity contribution in [3.05, 3.63) is 83.4 Å². The predicted octanol–water partition coefficient (Wildman–Crippen LogP) is 4.05. The van der Waals surface area contributed by atoms with Crippen molar-refractivity contribution < 1.29 is 17.9 Å². The highest BCUT2D eigenvalue weighted by atomic mass is 35.5. The van der Waals surface area contributed by atoms with Gasteiger partial charge in [0.2, 0.25) is 5.91 Å². The van der Waals surface area contributed by atoms with Gasteiger partial charge in [-0.2, -0.15) is 5.26 Å². The number of sulfonamides is 1.